The van der Waals surface area contributed by atoms with Crippen LogP contribution in [0.3, 0.4) is 0 Å². The largest absolute Gasteiger partial charge is 0.479 e. The van der Waals surface area contributed by atoms with Crippen molar-refractivity contribution in [1.29, 1.82) is 0 Å². The third-order valence-corrected chi connectivity index (χ3v) is 3.56. The summed E-state index contributed by atoms with van der Waals surface area (Å²) in [4.78, 5) is 22.9. The number of ether oxygens (including phenoxy) is 2. The lowest BCUT2D eigenvalue weighted by Crippen LogP contribution is -2.61. The summed E-state index contributed by atoms with van der Waals surface area (Å²) in [5, 5.41) is 47.4. The van der Waals surface area contributed by atoms with Crippen LogP contribution in [0.2, 0.25) is 0 Å². The van der Waals surface area contributed by atoms with Gasteiger partial charge in [0.1, 0.15) is 18.3 Å². The molecule has 0 aromatic carbocycles. The van der Waals surface area contributed by atoms with E-state index in [1.54, 1.807) is 0 Å². The monoisotopic (exact) mass is 331 g/mol. The van der Waals surface area contributed by atoms with E-state index < -0.39 is 48.7 Å². The Morgan fingerprint density at radius 3 is 2.52 bits per heavy atom. The first kappa shape index (κ1) is 17.4. The molecule has 2 heterocycles. The Bertz CT molecular complexity index is 643. The summed E-state index contributed by atoms with van der Waals surface area (Å²) in [6, 6.07) is 1.14. The van der Waals surface area contributed by atoms with Gasteiger partial charge in [0.2, 0.25) is 11.7 Å². The average molecular weight is 331 g/mol. The smallest absolute Gasteiger partial charge is 0.335 e. The Hall–Kier alpha value is -1.98. The van der Waals surface area contributed by atoms with Gasteiger partial charge < -0.3 is 39.6 Å². The van der Waals surface area contributed by atoms with E-state index >= 15 is 0 Å². The van der Waals surface area contributed by atoms with Crippen LogP contribution in [0.5, 0.6) is 5.75 Å². The molecule has 0 amide bonds. The molecule has 0 spiro atoms. The number of aryl methyl sites for hydroxylation is 1. The number of hydrogen-bond donors (Lipinski definition) is 5. The number of carboxylic acids is 1. The zero-order chi connectivity index (χ0) is 17.3. The average Bonchev–Trinajstić information content (AvgIpc) is 2.51. The van der Waals surface area contributed by atoms with Gasteiger partial charge in [0, 0.05) is 19.3 Å². The highest BCUT2D eigenvalue weighted by Gasteiger charge is 2.48. The zero-order valence-electron chi connectivity index (χ0n) is 12.1. The van der Waals surface area contributed by atoms with Gasteiger partial charge in [0.25, 0.3) is 0 Å². The minimum absolute atomic E-state index is 0.0702. The molecule has 5 atom stereocenters. The van der Waals surface area contributed by atoms with E-state index in [1.807, 2.05) is 0 Å². The van der Waals surface area contributed by atoms with E-state index in [-0.39, 0.29) is 11.4 Å². The lowest BCUT2D eigenvalue weighted by Gasteiger charge is -2.38. The summed E-state index contributed by atoms with van der Waals surface area (Å²) in [5.74, 6) is -1.92. The number of hydrogen-bond acceptors (Lipinski definition) is 8. The predicted octanol–water partition coefficient (Wildman–Crippen LogP) is -2.85. The second-order valence-electron chi connectivity index (χ2n) is 5.08. The van der Waals surface area contributed by atoms with Gasteiger partial charge in [-0.3, -0.25) is 4.79 Å². The molecule has 1 aromatic heterocycles. The normalized spacial score (nSPS) is 30.9. The summed E-state index contributed by atoms with van der Waals surface area (Å²) in [7, 11) is 1.54. The minimum atomic E-state index is -1.86. The van der Waals surface area contributed by atoms with Crippen LogP contribution in [0.15, 0.2) is 17.1 Å². The van der Waals surface area contributed by atoms with Gasteiger partial charge in [-0.15, -0.1) is 0 Å². The third-order valence-electron chi connectivity index (χ3n) is 3.56. The van der Waals surface area contributed by atoms with Gasteiger partial charge in [-0.05, 0) is 0 Å². The number of aliphatic hydroxyl groups excluding tert-OH is 4. The van der Waals surface area contributed by atoms with Crippen LogP contribution >= 0.6 is 0 Å². The molecule has 1 aromatic rings. The molecule has 1 aliphatic rings. The number of aliphatic hydroxyl groups is 4. The van der Waals surface area contributed by atoms with Crippen molar-refractivity contribution in [2.75, 3.05) is 0 Å². The maximum absolute atomic E-state index is 11.9. The van der Waals surface area contributed by atoms with Crippen LogP contribution in [0.25, 0.3) is 0 Å². The zero-order valence-corrected chi connectivity index (χ0v) is 12.1. The van der Waals surface area contributed by atoms with Crippen molar-refractivity contribution < 1.29 is 39.8 Å². The lowest BCUT2D eigenvalue weighted by molar-refractivity contribution is -0.271. The van der Waals surface area contributed by atoms with Crippen LogP contribution in [0, 0.1) is 0 Å². The number of pyridine rings is 1. The first-order valence-electron chi connectivity index (χ1n) is 6.66. The predicted molar refractivity (Wildman–Crippen MR) is 72.6 cm³/mol. The number of nitrogens with zero attached hydrogens (tertiary/aromatic N) is 1. The Kier molecular flexibility index (Phi) is 5.02. The molecule has 10 nitrogen and oxygen atoms in total. The van der Waals surface area contributed by atoms with Gasteiger partial charge in [-0.2, -0.15) is 0 Å². The number of carboxylic acid groups (broad SMARTS) is 1. The molecule has 1 saturated heterocycles. The molecular weight excluding hydrogens is 314 g/mol. The molecule has 10 heteroatoms. The van der Waals surface area contributed by atoms with Gasteiger partial charge in [-0.1, -0.05) is 0 Å². The molecule has 0 unspecified atom stereocenters. The highest BCUT2D eigenvalue weighted by Crippen LogP contribution is 2.24. The van der Waals surface area contributed by atoms with E-state index in [1.165, 1.54) is 17.8 Å². The Balaban J connectivity index is 2.34. The number of rotatable bonds is 4. The second-order valence-corrected chi connectivity index (χ2v) is 5.08. The molecule has 5 N–H and O–H groups in total. The van der Waals surface area contributed by atoms with Gasteiger partial charge in [0.15, 0.2) is 11.9 Å². The molecule has 0 radical (unpaired) electrons. The molecular formula is C13H17NO9. The highest BCUT2D eigenvalue weighted by molar-refractivity contribution is 5.73. The molecule has 0 saturated carbocycles. The molecule has 128 valence electrons. The van der Waals surface area contributed by atoms with Crippen molar-refractivity contribution in [2.45, 2.75) is 37.3 Å². The van der Waals surface area contributed by atoms with Gasteiger partial charge in [0.05, 0.1) is 12.3 Å². The lowest BCUT2D eigenvalue weighted by atomic mass is 9.99. The van der Waals surface area contributed by atoms with Crippen molar-refractivity contribution in [3.8, 4) is 5.75 Å². The minimum Gasteiger partial charge on any atom is -0.479 e. The number of aromatic nitrogens is 1. The first-order valence-corrected chi connectivity index (χ1v) is 6.66. The number of aliphatic carboxylic acids is 1. The highest BCUT2D eigenvalue weighted by atomic mass is 16.7. The van der Waals surface area contributed by atoms with E-state index in [2.05, 4.69) is 0 Å². The topological polar surface area (TPSA) is 159 Å². The molecule has 1 fully saturated rings. The SMILES string of the molecule is Cn1ccc(=O)c(O[C@@H]2O[C@H](C(=O)O)[C@@H](O)[C@H](O)[C@H]2O)c1CO. The van der Waals surface area contributed by atoms with Crippen LogP contribution in [0.4, 0.5) is 0 Å². The third kappa shape index (κ3) is 3.21. The fourth-order valence-corrected chi connectivity index (χ4v) is 2.22. The van der Waals surface area contributed by atoms with Crippen LogP contribution in [-0.2, 0) is 23.2 Å². The Morgan fingerprint density at radius 1 is 1.30 bits per heavy atom. The van der Waals surface area contributed by atoms with Crippen molar-refractivity contribution in [2.24, 2.45) is 7.05 Å². The molecule has 1 aliphatic heterocycles. The first-order chi connectivity index (χ1) is 10.8. The van der Waals surface area contributed by atoms with E-state index in [0.29, 0.717) is 0 Å². The fourth-order valence-electron chi connectivity index (χ4n) is 2.22. The second kappa shape index (κ2) is 6.64. The Morgan fingerprint density at radius 2 is 1.96 bits per heavy atom. The molecule has 23 heavy (non-hydrogen) atoms. The maximum atomic E-state index is 11.9. The standard InChI is InChI=1S/C13H17NO9/c1-14-3-2-6(16)10(5(14)4-15)22-13-9(19)7(17)8(18)11(23-13)12(20)21/h2-3,7-9,11,13,15,17-19H,4H2,1H3,(H,20,21)/t7-,8-,9+,11-,13+/m0/s1. The van der Waals surface area contributed by atoms with Crippen molar-refractivity contribution in [1.82, 2.24) is 4.57 Å². The van der Waals surface area contributed by atoms with Crippen LogP contribution in [-0.4, -0.2) is 66.8 Å². The van der Waals surface area contributed by atoms with Crippen LogP contribution in [0.1, 0.15) is 5.69 Å². The van der Waals surface area contributed by atoms with Gasteiger partial charge in [-0.25, -0.2) is 4.79 Å². The van der Waals surface area contributed by atoms with Crippen molar-refractivity contribution >= 4 is 5.97 Å². The Labute approximate surface area is 129 Å². The van der Waals surface area contributed by atoms with Crippen molar-refractivity contribution in [3.05, 3.63) is 28.2 Å². The number of carbonyl (C=O) groups is 1. The van der Waals surface area contributed by atoms with E-state index in [9.17, 15) is 30.0 Å². The quantitative estimate of drug-likeness (QED) is 0.391. The van der Waals surface area contributed by atoms with E-state index in [0.717, 1.165) is 6.07 Å². The summed E-state index contributed by atoms with van der Waals surface area (Å²) >= 11 is 0. The van der Waals surface area contributed by atoms with Gasteiger partial charge >= 0.3 is 5.97 Å². The summed E-state index contributed by atoms with van der Waals surface area (Å²) < 4.78 is 11.5. The van der Waals surface area contributed by atoms with Crippen molar-refractivity contribution in [3.63, 3.8) is 0 Å². The van der Waals surface area contributed by atoms with E-state index in [4.69, 9.17) is 14.6 Å². The van der Waals surface area contributed by atoms with Crippen LogP contribution < -0.4 is 10.2 Å². The molecule has 0 bridgehead atoms. The summed E-state index contributed by atoms with van der Waals surface area (Å²) in [5.41, 5.74) is -0.559. The maximum Gasteiger partial charge on any atom is 0.335 e. The fraction of sp³-hybridized carbons (Fsp3) is 0.538. The summed E-state index contributed by atoms with van der Waals surface area (Å²) in [6.45, 7) is -0.557. The molecule has 0 aliphatic carbocycles. The molecule has 2 rings (SSSR count). The summed E-state index contributed by atoms with van der Waals surface area (Å²) in [6.07, 6.45) is -7.67.